The minimum absolute atomic E-state index is 0.0997. The molecule has 0 fully saturated rings. The average molecular weight is 337 g/mol. The maximum absolute atomic E-state index is 13.4. The lowest BCUT2D eigenvalue weighted by molar-refractivity contribution is -0.121. The highest BCUT2D eigenvalue weighted by molar-refractivity contribution is 5.76. The van der Waals surface area contributed by atoms with Crippen molar-refractivity contribution in [3.63, 3.8) is 0 Å². The molecule has 0 aromatic heterocycles. The van der Waals surface area contributed by atoms with E-state index in [4.69, 9.17) is 0 Å². The van der Waals surface area contributed by atoms with Crippen molar-refractivity contribution in [2.75, 3.05) is 6.54 Å². The summed E-state index contributed by atoms with van der Waals surface area (Å²) in [7, 11) is 0. The highest BCUT2D eigenvalue weighted by atomic mass is 19.3. The van der Waals surface area contributed by atoms with Gasteiger partial charge in [0.2, 0.25) is 5.91 Å². The summed E-state index contributed by atoms with van der Waals surface area (Å²) in [4.78, 5) is 11.8. The van der Waals surface area contributed by atoms with E-state index in [0.717, 1.165) is 5.56 Å². The fraction of sp³-hybridized carbons (Fsp3) is 0.278. The quantitative estimate of drug-likeness (QED) is 0.797. The Kier molecular flexibility index (Phi) is 6.66. The number of alkyl halides is 2. The molecule has 0 saturated heterocycles. The fourth-order valence-corrected chi connectivity index (χ4v) is 2.22. The van der Waals surface area contributed by atoms with Crippen LogP contribution >= 0.6 is 0 Å². The van der Waals surface area contributed by atoms with Crippen LogP contribution in [0.3, 0.4) is 0 Å². The second kappa shape index (κ2) is 8.96. The smallest absolute Gasteiger partial charge is 0.387 e. The van der Waals surface area contributed by atoms with Gasteiger partial charge in [-0.1, -0.05) is 30.3 Å². The molecule has 2 aromatic carbocycles. The normalized spacial score (nSPS) is 10.7. The first-order valence-electron chi connectivity index (χ1n) is 7.58. The summed E-state index contributed by atoms with van der Waals surface area (Å²) in [6, 6.07) is 12.6. The highest BCUT2D eigenvalue weighted by Crippen LogP contribution is 2.15. The minimum atomic E-state index is -2.84. The monoisotopic (exact) mass is 337 g/mol. The SMILES string of the molecule is O=C(CCc1ccccc1F)NCCc1ccc(OC(F)F)cc1. The van der Waals surface area contributed by atoms with Gasteiger partial charge in [0.05, 0.1) is 0 Å². The molecule has 3 nitrogen and oxygen atoms in total. The summed E-state index contributed by atoms with van der Waals surface area (Å²) in [5.74, 6) is -0.366. The number of hydrogen-bond donors (Lipinski definition) is 1. The Bertz CT molecular complexity index is 660. The van der Waals surface area contributed by atoms with Crippen molar-refractivity contribution in [2.45, 2.75) is 25.9 Å². The first-order chi connectivity index (χ1) is 11.5. The standard InChI is InChI=1S/C18H18F3NO2/c19-16-4-2-1-3-14(16)7-10-17(23)22-12-11-13-5-8-15(9-6-13)24-18(20)21/h1-6,8-9,18H,7,10-12H2,(H,22,23). The predicted molar refractivity (Wildman–Crippen MR) is 84.5 cm³/mol. The van der Waals surface area contributed by atoms with Crippen LogP contribution in [0.4, 0.5) is 13.2 Å². The molecule has 24 heavy (non-hydrogen) atoms. The summed E-state index contributed by atoms with van der Waals surface area (Å²) >= 11 is 0. The van der Waals surface area contributed by atoms with E-state index in [1.807, 2.05) is 0 Å². The number of benzene rings is 2. The molecule has 0 aliphatic rings. The number of ether oxygens (including phenoxy) is 1. The molecule has 0 bridgehead atoms. The van der Waals surface area contributed by atoms with Gasteiger partial charge in [-0.3, -0.25) is 4.79 Å². The van der Waals surface area contributed by atoms with Crippen LogP contribution in [0.5, 0.6) is 5.75 Å². The lowest BCUT2D eigenvalue weighted by Gasteiger charge is -2.07. The molecule has 0 radical (unpaired) electrons. The number of aryl methyl sites for hydroxylation is 1. The summed E-state index contributed by atoms with van der Waals surface area (Å²) < 4.78 is 41.8. The Balaban J connectivity index is 1.70. The summed E-state index contributed by atoms with van der Waals surface area (Å²) in [5, 5.41) is 2.76. The van der Waals surface area contributed by atoms with Crippen LogP contribution in [0.1, 0.15) is 17.5 Å². The van der Waals surface area contributed by atoms with Crippen molar-refractivity contribution in [3.05, 3.63) is 65.5 Å². The third kappa shape index (κ3) is 5.95. The van der Waals surface area contributed by atoms with Crippen LogP contribution in [0.15, 0.2) is 48.5 Å². The Labute approximate surface area is 138 Å². The molecule has 2 rings (SSSR count). The molecule has 0 atom stereocenters. The average Bonchev–Trinajstić information content (AvgIpc) is 2.55. The van der Waals surface area contributed by atoms with Crippen LogP contribution in [0.2, 0.25) is 0 Å². The van der Waals surface area contributed by atoms with Crippen LogP contribution in [0.25, 0.3) is 0 Å². The van der Waals surface area contributed by atoms with Gasteiger partial charge in [-0.05, 0) is 42.2 Å². The summed E-state index contributed by atoms with van der Waals surface area (Å²) in [6.07, 6.45) is 1.13. The lowest BCUT2D eigenvalue weighted by atomic mass is 10.1. The van der Waals surface area contributed by atoms with E-state index < -0.39 is 6.61 Å². The molecule has 2 aromatic rings. The maximum Gasteiger partial charge on any atom is 0.387 e. The number of rotatable bonds is 8. The van der Waals surface area contributed by atoms with Crippen LogP contribution in [-0.2, 0) is 17.6 Å². The molecule has 6 heteroatoms. The second-order valence-electron chi connectivity index (χ2n) is 5.21. The molecule has 0 aliphatic heterocycles. The fourth-order valence-electron chi connectivity index (χ4n) is 2.22. The predicted octanol–water partition coefficient (Wildman–Crippen LogP) is 3.72. The lowest BCUT2D eigenvalue weighted by Crippen LogP contribution is -2.25. The summed E-state index contributed by atoms with van der Waals surface area (Å²) in [6.45, 7) is -2.42. The molecular weight excluding hydrogens is 319 g/mol. The van der Waals surface area contributed by atoms with Crippen molar-refractivity contribution in [2.24, 2.45) is 0 Å². The molecular formula is C18H18F3NO2. The van der Waals surface area contributed by atoms with Gasteiger partial charge >= 0.3 is 6.61 Å². The molecule has 128 valence electrons. The van der Waals surface area contributed by atoms with E-state index in [9.17, 15) is 18.0 Å². The van der Waals surface area contributed by atoms with Gasteiger partial charge in [0.15, 0.2) is 0 Å². The Morgan fingerprint density at radius 3 is 2.42 bits per heavy atom. The molecule has 1 N–H and O–H groups in total. The van der Waals surface area contributed by atoms with Crippen molar-refractivity contribution in [3.8, 4) is 5.75 Å². The van der Waals surface area contributed by atoms with Gasteiger partial charge in [-0.15, -0.1) is 0 Å². The van der Waals surface area contributed by atoms with Gasteiger partial charge < -0.3 is 10.1 Å². The van der Waals surface area contributed by atoms with Gasteiger partial charge in [-0.25, -0.2) is 4.39 Å². The van der Waals surface area contributed by atoms with E-state index in [2.05, 4.69) is 10.1 Å². The van der Waals surface area contributed by atoms with Crippen molar-refractivity contribution < 1.29 is 22.7 Å². The first kappa shape index (κ1) is 17.8. The van der Waals surface area contributed by atoms with E-state index in [-0.39, 0.29) is 23.9 Å². The van der Waals surface area contributed by atoms with Crippen molar-refractivity contribution >= 4 is 5.91 Å². The molecule has 0 spiro atoms. The number of amides is 1. The number of carbonyl (C=O) groups excluding carboxylic acids is 1. The molecule has 1 amide bonds. The largest absolute Gasteiger partial charge is 0.435 e. The number of nitrogens with one attached hydrogen (secondary N) is 1. The maximum atomic E-state index is 13.4. The van der Waals surface area contributed by atoms with Crippen LogP contribution in [-0.4, -0.2) is 19.1 Å². The summed E-state index contributed by atoms with van der Waals surface area (Å²) in [5.41, 5.74) is 1.41. The highest BCUT2D eigenvalue weighted by Gasteiger charge is 2.06. The van der Waals surface area contributed by atoms with E-state index in [0.29, 0.717) is 24.9 Å². The van der Waals surface area contributed by atoms with Crippen LogP contribution in [0, 0.1) is 5.82 Å². The number of carbonyl (C=O) groups is 1. The molecule has 0 aliphatic carbocycles. The third-order valence-electron chi connectivity index (χ3n) is 3.46. The van der Waals surface area contributed by atoms with Crippen molar-refractivity contribution in [1.29, 1.82) is 0 Å². The molecule has 0 unspecified atom stereocenters. The van der Waals surface area contributed by atoms with E-state index in [1.165, 1.54) is 18.2 Å². The first-order valence-corrected chi connectivity index (χ1v) is 7.58. The zero-order valence-corrected chi connectivity index (χ0v) is 13.0. The number of halogens is 3. The van der Waals surface area contributed by atoms with Gasteiger partial charge in [0, 0.05) is 13.0 Å². The van der Waals surface area contributed by atoms with E-state index in [1.54, 1.807) is 30.3 Å². The molecule has 0 heterocycles. The van der Waals surface area contributed by atoms with Gasteiger partial charge in [0.25, 0.3) is 0 Å². The topological polar surface area (TPSA) is 38.3 Å². The van der Waals surface area contributed by atoms with Crippen LogP contribution < -0.4 is 10.1 Å². The second-order valence-corrected chi connectivity index (χ2v) is 5.21. The zero-order chi connectivity index (χ0) is 17.4. The Morgan fingerprint density at radius 1 is 1.04 bits per heavy atom. The number of hydrogen-bond acceptors (Lipinski definition) is 2. The van der Waals surface area contributed by atoms with Gasteiger partial charge in [0.1, 0.15) is 11.6 Å². The Hall–Kier alpha value is -2.50. The van der Waals surface area contributed by atoms with Gasteiger partial charge in [-0.2, -0.15) is 8.78 Å². The molecule has 0 saturated carbocycles. The van der Waals surface area contributed by atoms with E-state index >= 15 is 0 Å². The Morgan fingerprint density at radius 2 is 1.75 bits per heavy atom. The van der Waals surface area contributed by atoms with Crippen molar-refractivity contribution in [1.82, 2.24) is 5.32 Å². The minimum Gasteiger partial charge on any atom is -0.435 e. The zero-order valence-electron chi connectivity index (χ0n) is 13.0. The third-order valence-corrected chi connectivity index (χ3v) is 3.46.